The van der Waals surface area contributed by atoms with E-state index in [1.807, 2.05) is 24.3 Å². The van der Waals surface area contributed by atoms with Gasteiger partial charge in [-0.15, -0.1) is 0 Å². The van der Waals surface area contributed by atoms with Crippen molar-refractivity contribution in [1.29, 1.82) is 0 Å². The number of amides is 1. The van der Waals surface area contributed by atoms with Crippen molar-refractivity contribution in [2.75, 3.05) is 39.2 Å². The summed E-state index contributed by atoms with van der Waals surface area (Å²) in [6, 6.07) is 7.46. The maximum Gasteiger partial charge on any atom is 0.239 e. The van der Waals surface area contributed by atoms with Crippen LogP contribution in [-0.2, 0) is 9.53 Å². The van der Waals surface area contributed by atoms with Crippen molar-refractivity contribution in [3.8, 4) is 5.75 Å². The Bertz CT molecular complexity index is 369. The summed E-state index contributed by atoms with van der Waals surface area (Å²) < 4.78 is 10.00. The molecular formula is C13H20N2O3. The number of hydrogen-bond acceptors (Lipinski definition) is 4. The molecule has 0 aliphatic rings. The SMILES string of the molecule is COCCCNC(=O)CNc1cccc(OC)c1. The quantitative estimate of drug-likeness (QED) is 0.684. The molecule has 1 rings (SSSR count). The molecule has 0 radical (unpaired) electrons. The third-order valence-electron chi connectivity index (χ3n) is 2.37. The molecule has 0 unspecified atom stereocenters. The van der Waals surface area contributed by atoms with Gasteiger partial charge in [0, 0.05) is 32.0 Å². The molecule has 0 aromatic heterocycles. The fourth-order valence-corrected chi connectivity index (χ4v) is 1.42. The summed E-state index contributed by atoms with van der Waals surface area (Å²) in [4.78, 5) is 11.5. The Morgan fingerprint density at radius 1 is 1.33 bits per heavy atom. The number of carbonyl (C=O) groups excluding carboxylic acids is 1. The molecule has 0 aliphatic heterocycles. The fourth-order valence-electron chi connectivity index (χ4n) is 1.42. The minimum Gasteiger partial charge on any atom is -0.497 e. The van der Waals surface area contributed by atoms with Crippen LogP contribution in [0.5, 0.6) is 5.75 Å². The highest BCUT2D eigenvalue weighted by Crippen LogP contribution is 2.16. The lowest BCUT2D eigenvalue weighted by molar-refractivity contribution is -0.119. The monoisotopic (exact) mass is 252 g/mol. The number of methoxy groups -OCH3 is 2. The van der Waals surface area contributed by atoms with Gasteiger partial charge in [-0.3, -0.25) is 4.79 Å². The predicted molar refractivity (Wildman–Crippen MR) is 71.0 cm³/mol. The molecule has 2 N–H and O–H groups in total. The zero-order chi connectivity index (χ0) is 13.2. The molecule has 5 heteroatoms. The van der Waals surface area contributed by atoms with Gasteiger partial charge in [-0.05, 0) is 18.6 Å². The third-order valence-corrected chi connectivity index (χ3v) is 2.37. The molecule has 1 aromatic carbocycles. The van der Waals surface area contributed by atoms with Gasteiger partial charge in [0.1, 0.15) is 5.75 Å². The van der Waals surface area contributed by atoms with Gasteiger partial charge in [-0.2, -0.15) is 0 Å². The molecule has 100 valence electrons. The van der Waals surface area contributed by atoms with E-state index in [9.17, 15) is 4.79 Å². The van der Waals surface area contributed by atoms with Gasteiger partial charge in [-0.1, -0.05) is 6.07 Å². The first-order valence-corrected chi connectivity index (χ1v) is 5.90. The summed E-state index contributed by atoms with van der Waals surface area (Å²) in [6.45, 7) is 1.54. The van der Waals surface area contributed by atoms with Crippen LogP contribution in [-0.4, -0.2) is 39.8 Å². The summed E-state index contributed by atoms with van der Waals surface area (Å²) in [7, 11) is 3.26. The van der Waals surface area contributed by atoms with Gasteiger partial charge in [-0.25, -0.2) is 0 Å². The van der Waals surface area contributed by atoms with Gasteiger partial charge in [0.2, 0.25) is 5.91 Å². The Morgan fingerprint density at radius 3 is 2.89 bits per heavy atom. The summed E-state index contributed by atoms with van der Waals surface area (Å²) in [5, 5.41) is 5.84. The maximum atomic E-state index is 11.5. The van der Waals surface area contributed by atoms with Crippen molar-refractivity contribution in [3.63, 3.8) is 0 Å². The van der Waals surface area contributed by atoms with Crippen molar-refractivity contribution in [1.82, 2.24) is 5.32 Å². The summed E-state index contributed by atoms with van der Waals surface area (Å²) in [5.74, 6) is 0.731. The highest BCUT2D eigenvalue weighted by molar-refractivity contribution is 5.80. The van der Waals surface area contributed by atoms with E-state index in [-0.39, 0.29) is 12.5 Å². The molecule has 5 nitrogen and oxygen atoms in total. The smallest absolute Gasteiger partial charge is 0.239 e. The molecule has 0 atom stereocenters. The molecular weight excluding hydrogens is 232 g/mol. The van der Waals surface area contributed by atoms with Crippen LogP contribution in [0.15, 0.2) is 24.3 Å². The number of benzene rings is 1. The van der Waals surface area contributed by atoms with Crippen LogP contribution < -0.4 is 15.4 Å². The first kappa shape index (κ1) is 14.3. The average molecular weight is 252 g/mol. The Hall–Kier alpha value is -1.75. The minimum absolute atomic E-state index is 0.0334. The molecule has 0 aliphatic carbocycles. The third kappa shape index (κ3) is 5.54. The lowest BCUT2D eigenvalue weighted by Crippen LogP contribution is -2.31. The summed E-state index contributed by atoms with van der Waals surface area (Å²) >= 11 is 0. The topological polar surface area (TPSA) is 59.6 Å². The van der Waals surface area contributed by atoms with Crippen LogP contribution in [0.2, 0.25) is 0 Å². The number of ether oxygens (including phenoxy) is 2. The highest BCUT2D eigenvalue weighted by atomic mass is 16.5. The van der Waals surface area contributed by atoms with E-state index in [0.717, 1.165) is 17.9 Å². The van der Waals surface area contributed by atoms with E-state index < -0.39 is 0 Å². The van der Waals surface area contributed by atoms with Gasteiger partial charge in [0.25, 0.3) is 0 Å². The molecule has 0 heterocycles. The lowest BCUT2D eigenvalue weighted by atomic mass is 10.3. The standard InChI is InChI=1S/C13H20N2O3/c1-17-8-4-7-14-13(16)10-15-11-5-3-6-12(9-11)18-2/h3,5-6,9,15H,4,7-8,10H2,1-2H3,(H,14,16). The first-order valence-electron chi connectivity index (χ1n) is 5.90. The van der Waals surface area contributed by atoms with Crippen LogP contribution >= 0.6 is 0 Å². The van der Waals surface area contributed by atoms with Crippen LogP contribution in [0.25, 0.3) is 0 Å². The largest absolute Gasteiger partial charge is 0.497 e. The van der Waals surface area contributed by atoms with Crippen LogP contribution in [0, 0.1) is 0 Å². The number of hydrogen-bond donors (Lipinski definition) is 2. The summed E-state index contributed by atoms with van der Waals surface area (Å²) in [6.07, 6.45) is 0.821. The lowest BCUT2D eigenvalue weighted by Gasteiger charge is -2.08. The Balaban J connectivity index is 2.24. The number of nitrogens with one attached hydrogen (secondary N) is 2. The number of anilines is 1. The molecule has 18 heavy (non-hydrogen) atoms. The second-order valence-electron chi connectivity index (χ2n) is 3.78. The van der Waals surface area contributed by atoms with Crippen molar-refractivity contribution >= 4 is 11.6 Å². The van der Waals surface area contributed by atoms with E-state index in [2.05, 4.69) is 10.6 Å². The van der Waals surface area contributed by atoms with Gasteiger partial charge in [0.05, 0.1) is 13.7 Å². The van der Waals surface area contributed by atoms with Crippen molar-refractivity contribution in [3.05, 3.63) is 24.3 Å². The Labute approximate surface area is 107 Å². The van der Waals surface area contributed by atoms with Gasteiger partial charge in [0.15, 0.2) is 0 Å². The van der Waals surface area contributed by atoms with E-state index >= 15 is 0 Å². The normalized spacial score (nSPS) is 9.89. The van der Waals surface area contributed by atoms with Gasteiger partial charge >= 0.3 is 0 Å². The van der Waals surface area contributed by atoms with E-state index in [1.54, 1.807) is 14.2 Å². The molecule has 1 aromatic rings. The Morgan fingerprint density at radius 2 is 2.17 bits per heavy atom. The maximum absolute atomic E-state index is 11.5. The minimum atomic E-state index is -0.0334. The molecule has 0 spiro atoms. The van der Waals surface area contributed by atoms with E-state index in [4.69, 9.17) is 9.47 Å². The summed E-state index contributed by atoms with van der Waals surface area (Å²) in [5.41, 5.74) is 0.862. The number of carbonyl (C=O) groups is 1. The molecule has 0 fully saturated rings. The second kappa shape index (κ2) is 8.36. The van der Waals surface area contributed by atoms with Gasteiger partial charge < -0.3 is 20.1 Å². The van der Waals surface area contributed by atoms with Crippen molar-refractivity contribution < 1.29 is 14.3 Å². The van der Waals surface area contributed by atoms with E-state index in [0.29, 0.717) is 13.2 Å². The van der Waals surface area contributed by atoms with Crippen molar-refractivity contribution in [2.45, 2.75) is 6.42 Å². The molecule has 0 bridgehead atoms. The molecule has 1 amide bonds. The van der Waals surface area contributed by atoms with Crippen LogP contribution in [0.1, 0.15) is 6.42 Å². The first-order chi connectivity index (χ1) is 8.76. The Kier molecular flexibility index (Phi) is 6.64. The predicted octanol–water partition coefficient (Wildman–Crippen LogP) is 1.26. The van der Waals surface area contributed by atoms with Crippen molar-refractivity contribution in [2.24, 2.45) is 0 Å². The van der Waals surface area contributed by atoms with Crippen LogP contribution in [0.3, 0.4) is 0 Å². The second-order valence-corrected chi connectivity index (χ2v) is 3.78. The fraction of sp³-hybridized carbons (Fsp3) is 0.462. The molecule has 0 saturated heterocycles. The van der Waals surface area contributed by atoms with E-state index in [1.165, 1.54) is 0 Å². The zero-order valence-corrected chi connectivity index (χ0v) is 10.9. The molecule has 0 saturated carbocycles. The number of rotatable bonds is 8. The average Bonchev–Trinajstić information content (AvgIpc) is 2.41. The van der Waals surface area contributed by atoms with Crippen LogP contribution in [0.4, 0.5) is 5.69 Å². The zero-order valence-electron chi connectivity index (χ0n) is 10.9. The highest BCUT2D eigenvalue weighted by Gasteiger charge is 2.01.